The number of carbonyl (C=O) groups is 3. The Morgan fingerprint density at radius 3 is 2.42 bits per heavy atom. The summed E-state index contributed by atoms with van der Waals surface area (Å²) in [6.07, 6.45) is 6.62. The number of aliphatic hydroxyl groups is 1. The van der Waals surface area contributed by atoms with Crippen LogP contribution >= 0.6 is 11.6 Å². The van der Waals surface area contributed by atoms with Gasteiger partial charge in [-0.15, -0.1) is 0 Å². The number of likely N-dealkylation sites (tertiary alicyclic amines) is 1. The van der Waals surface area contributed by atoms with Crippen LogP contribution in [0.2, 0.25) is 5.02 Å². The van der Waals surface area contributed by atoms with Crippen LogP contribution in [0.4, 0.5) is 11.4 Å². The highest BCUT2D eigenvalue weighted by atomic mass is 35.5. The number of fused-ring (bicyclic) bond motifs is 2. The lowest BCUT2D eigenvalue weighted by Gasteiger charge is -2.37. The second-order valence-electron chi connectivity index (χ2n) is 10.1. The number of aliphatic hydroxyl groups excluding tert-OH is 1. The minimum absolute atomic E-state index is 0.224. The minimum Gasteiger partial charge on any atom is -0.394 e. The summed E-state index contributed by atoms with van der Waals surface area (Å²) in [4.78, 5) is 47.2. The van der Waals surface area contributed by atoms with E-state index >= 15 is 0 Å². The minimum atomic E-state index is -1.37. The highest BCUT2D eigenvalue weighted by Crippen LogP contribution is 2.54. The van der Waals surface area contributed by atoms with Gasteiger partial charge >= 0.3 is 0 Å². The summed E-state index contributed by atoms with van der Waals surface area (Å²) in [5.74, 6) is -2.73. The van der Waals surface area contributed by atoms with Gasteiger partial charge in [0.2, 0.25) is 11.8 Å². The van der Waals surface area contributed by atoms with E-state index in [1.54, 1.807) is 42.2 Å². The quantitative estimate of drug-likeness (QED) is 0.610. The molecule has 0 aliphatic carbocycles. The van der Waals surface area contributed by atoms with Crippen molar-refractivity contribution in [1.29, 1.82) is 0 Å². The van der Waals surface area contributed by atoms with Gasteiger partial charge in [0, 0.05) is 18.8 Å². The van der Waals surface area contributed by atoms with Crippen molar-refractivity contribution in [1.82, 2.24) is 4.90 Å². The van der Waals surface area contributed by atoms with Crippen LogP contribution in [0.3, 0.4) is 0 Å². The molecule has 196 valence electrons. The summed E-state index contributed by atoms with van der Waals surface area (Å²) >= 11 is 6.47. The van der Waals surface area contributed by atoms with Crippen LogP contribution in [0.15, 0.2) is 78.9 Å². The van der Waals surface area contributed by atoms with Crippen molar-refractivity contribution in [2.75, 3.05) is 29.5 Å². The van der Waals surface area contributed by atoms with Crippen molar-refractivity contribution < 1.29 is 24.2 Å². The third-order valence-electron chi connectivity index (χ3n) is 8.05. The molecule has 38 heavy (non-hydrogen) atoms. The van der Waals surface area contributed by atoms with Gasteiger partial charge in [0.25, 0.3) is 5.91 Å². The number of hydrogen-bond donors (Lipinski definition) is 1. The van der Waals surface area contributed by atoms with Crippen LogP contribution in [0, 0.1) is 11.8 Å². The lowest BCUT2D eigenvalue weighted by Crippen LogP contribution is -2.57. The topological polar surface area (TPSA) is 90.4 Å². The van der Waals surface area contributed by atoms with E-state index in [1.807, 2.05) is 48.6 Å². The van der Waals surface area contributed by atoms with E-state index in [-0.39, 0.29) is 30.9 Å². The molecular formula is C29H28ClN3O5. The number of para-hydroxylation sites is 2. The van der Waals surface area contributed by atoms with Gasteiger partial charge in [0.05, 0.1) is 41.3 Å². The monoisotopic (exact) mass is 533 g/mol. The van der Waals surface area contributed by atoms with E-state index in [9.17, 15) is 19.5 Å². The van der Waals surface area contributed by atoms with Crippen molar-refractivity contribution in [3.05, 3.63) is 83.9 Å². The molecule has 2 saturated heterocycles. The van der Waals surface area contributed by atoms with Crippen LogP contribution in [-0.4, -0.2) is 71.2 Å². The summed E-state index contributed by atoms with van der Waals surface area (Å²) in [6.45, 7) is 1.92. The number of hydrogen-bond acceptors (Lipinski definition) is 5. The molecule has 3 amide bonds. The zero-order valence-electron chi connectivity index (χ0n) is 20.8. The SMILES string of the molecule is C[C@H](CO)N1C(=O)[C@@H]2[C@H]3C(=O)N(c4ccccc4)CC=C[C@H]3O[C@@]23C=CCN(c2ccccc2Cl)C(=O)C13. The van der Waals surface area contributed by atoms with Crippen LogP contribution in [0.1, 0.15) is 6.92 Å². The second kappa shape index (κ2) is 9.38. The fraction of sp³-hybridized carbons (Fsp3) is 0.345. The number of carbonyl (C=O) groups excluding carboxylic acids is 3. The van der Waals surface area contributed by atoms with Crippen LogP contribution in [-0.2, 0) is 19.1 Å². The maximum atomic E-state index is 14.3. The lowest BCUT2D eigenvalue weighted by molar-refractivity contribution is -0.143. The molecule has 0 radical (unpaired) electrons. The highest BCUT2D eigenvalue weighted by molar-refractivity contribution is 6.34. The van der Waals surface area contributed by atoms with Crippen molar-refractivity contribution in [2.24, 2.45) is 11.8 Å². The number of amides is 3. The Morgan fingerprint density at radius 1 is 0.974 bits per heavy atom. The Balaban J connectivity index is 1.47. The van der Waals surface area contributed by atoms with Crippen LogP contribution in [0.5, 0.6) is 0 Å². The number of ether oxygens (including phenoxy) is 1. The molecule has 0 saturated carbocycles. The molecule has 0 aromatic heterocycles. The number of nitrogens with zero attached hydrogens (tertiary/aromatic N) is 3. The first-order valence-corrected chi connectivity index (χ1v) is 13.1. The Kier molecular flexibility index (Phi) is 6.13. The first-order chi connectivity index (χ1) is 18.4. The summed E-state index contributed by atoms with van der Waals surface area (Å²) in [6, 6.07) is 14.6. The molecule has 2 aromatic carbocycles. The molecule has 2 fully saturated rings. The number of rotatable bonds is 4. The van der Waals surface area contributed by atoms with E-state index in [2.05, 4.69) is 0 Å². The Morgan fingerprint density at radius 2 is 1.68 bits per heavy atom. The van der Waals surface area contributed by atoms with Crippen molar-refractivity contribution >= 4 is 40.7 Å². The fourth-order valence-corrected chi connectivity index (χ4v) is 6.60. The molecule has 2 aromatic rings. The van der Waals surface area contributed by atoms with Gasteiger partial charge < -0.3 is 24.5 Å². The first kappa shape index (κ1) is 24.9. The third kappa shape index (κ3) is 3.55. The van der Waals surface area contributed by atoms with E-state index in [4.69, 9.17) is 16.3 Å². The van der Waals surface area contributed by atoms with Gasteiger partial charge in [-0.1, -0.05) is 66.2 Å². The van der Waals surface area contributed by atoms with Gasteiger partial charge in [-0.25, -0.2) is 0 Å². The zero-order chi connectivity index (χ0) is 26.6. The number of anilines is 2. The summed E-state index contributed by atoms with van der Waals surface area (Å²) in [5.41, 5.74) is -0.127. The van der Waals surface area contributed by atoms with Gasteiger partial charge in [-0.2, -0.15) is 0 Å². The molecule has 1 spiro atoms. The van der Waals surface area contributed by atoms with E-state index in [1.165, 1.54) is 9.80 Å². The van der Waals surface area contributed by atoms with Gasteiger partial charge in [0.1, 0.15) is 11.6 Å². The maximum absolute atomic E-state index is 14.3. The zero-order valence-corrected chi connectivity index (χ0v) is 21.6. The third-order valence-corrected chi connectivity index (χ3v) is 8.37. The summed E-state index contributed by atoms with van der Waals surface area (Å²) in [7, 11) is 0. The molecule has 4 aliphatic rings. The summed E-state index contributed by atoms with van der Waals surface area (Å²) in [5, 5.41) is 10.5. The van der Waals surface area contributed by atoms with Crippen LogP contribution < -0.4 is 9.80 Å². The first-order valence-electron chi connectivity index (χ1n) is 12.8. The Hall–Kier alpha value is -3.46. The fourth-order valence-electron chi connectivity index (χ4n) is 6.37. The molecule has 1 unspecified atom stereocenters. The number of halogens is 1. The average molecular weight is 534 g/mol. The molecule has 4 aliphatic heterocycles. The summed E-state index contributed by atoms with van der Waals surface area (Å²) < 4.78 is 6.63. The molecular weight excluding hydrogens is 506 g/mol. The Bertz CT molecular complexity index is 1350. The van der Waals surface area contributed by atoms with E-state index in [0.29, 0.717) is 17.3 Å². The molecule has 0 bridgehead atoms. The number of benzene rings is 2. The molecule has 9 heteroatoms. The van der Waals surface area contributed by atoms with Gasteiger partial charge in [-0.3, -0.25) is 14.4 Å². The van der Waals surface area contributed by atoms with Gasteiger partial charge in [-0.05, 0) is 31.2 Å². The average Bonchev–Trinajstić information content (AvgIpc) is 3.25. The predicted molar refractivity (Wildman–Crippen MR) is 143 cm³/mol. The maximum Gasteiger partial charge on any atom is 0.253 e. The standard InChI is InChI=1S/C29H28ClN3O5/c1-18(17-34)33-25-28(37)32(21-12-6-5-11-20(21)30)16-8-14-29(25)24(27(33)36)23-22(38-29)13-7-15-31(26(23)35)19-9-3-2-4-10-19/h2-14,18,22-25,34H,15-17H2,1H3/t18-,22-,23+,24+,25?,29+/m1/s1. The molecule has 1 N–H and O–H groups in total. The van der Waals surface area contributed by atoms with Crippen LogP contribution in [0.25, 0.3) is 0 Å². The van der Waals surface area contributed by atoms with E-state index < -0.39 is 35.6 Å². The predicted octanol–water partition coefficient (Wildman–Crippen LogP) is 2.81. The smallest absolute Gasteiger partial charge is 0.253 e. The normalized spacial score (nSPS) is 31.1. The Labute approximate surface area is 225 Å². The molecule has 6 atom stereocenters. The van der Waals surface area contributed by atoms with E-state index in [0.717, 1.165) is 5.69 Å². The molecule has 6 rings (SSSR count). The second-order valence-corrected chi connectivity index (χ2v) is 10.5. The van der Waals surface area contributed by atoms with Crippen molar-refractivity contribution in [3.8, 4) is 0 Å². The van der Waals surface area contributed by atoms with Crippen molar-refractivity contribution in [2.45, 2.75) is 30.7 Å². The molecule has 4 heterocycles. The van der Waals surface area contributed by atoms with Crippen molar-refractivity contribution in [3.63, 3.8) is 0 Å². The van der Waals surface area contributed by atoms with Gasteiger partial charge in [0.15, 0.2) is 0 Å². The largest absolute Gasteiger partial charge is 0.394 e. The lowest BCUT2D eigenvalue weighted by atomic mass is 9.77. The highest BCUT2D eigenvalue weighted by Gasteiger charge is 2.72. The molecule has 8 nitrogen and oxygen atoms in total.